The summed E-state index contributed by atoms with van der Waals surface area (Å²) < 4.78 is 34.7. The molecule has 3 heterocycles. The molecule has 0 amide bonds. The molecule has 25 heteroatoms. The van der Waals surface area contributed by atoms with Gasteiger partial charge in [-0.1, -0.05) is 42.5 Å². The van der Waals surface area contributed by atoms with Gasteiger partial charge >= 0.3 is 41.5 Å². The van der Waals surface area contributed by atoms with E-state index in [0.717, 1.165) is 39.3 Å². The maximum absolute atomic E-state index is 11.5. The molecule has 7 N–H and O–H groups in total. The van der Waals surface area contributed by atoms with Crippen LogP contribution in [0, 0.1) is 10.1 Å². The van der Waals surface area contributed by atoms with Crippen molar-refractivity contribution < 1.29 is 91.4 Å². The second kappa shape index (κ2) is 34.6. The lowest BCUT2D eigenvalue weighted by Gasteiger charge is -2.10. The van der Waals surface area contributed by atoms with E-state index in [2.05, 4.69) is 15.0 Å². The molecule has 0 radical (unpaired) electrons. The summed E-state index contributed by atoms with van der Waals surface area (Å²) in [4.78, 5) is 87.6. The number of aliphatic carboxylic acids is 2. The first-order valence-electron chi connectivity index (χ1n) is 26.4. The van der Waals surface area contributed by atoms with E-state index in [-0.39, 0.29) is 73.3 Å². The zero-order chi connectivity index (χ0) is 63.3. The summed E-state index contributed by atoms with van der Waals surface area (Å²) in [6, 6.07) is 30.9. The number of nitro groups is 1. The highest BCUT2D eigenvalue weighted by Crippen LogP contribution is 2.27. The van der Waals surface area contributed by atoms with E-state index in [1.54, 1.807) is 83.1 Å². The van der Waals surface area contributed by atoms with Crippen molar-refractivity contribution in [1.82, 2.24) is 15.0 Å². The molecule has 9 rings (SSSR count). The molecule has 0 saturated carbocycles. The zero-order valence-electron chi connectivity index (χ0n) is 47.7. The standard InChI is InChI=1S/C12H13NO3.C11H11NO3.C10H11NO5.C10H9NO3.C10H13NO3.C8H8O3/c1-3-15-12(14)8(2)9-4-5-10-11(6-9)16-7-13-10;1-2-14-11(13)6-8-3-4-9-10(5-8)15-7-12-9;1-2-16-10(13)6-7-3-4-8(11(14)15)9(12)5-7;1-6(10(12)13)7-2-3-8-9(4-7)14-5-11-8;1-2-14-10(13)6-7-3-4-8(11)9(12)5-7;9-7-3-1-2-6(4-7)5-8(10)11/h4-8H,3H2,1-2H3;3-5,7H,2,6H2,1H3;3-5,12H,2,6H2,1H3;2-6H,1H3,(H,12,13);3-5,12H,2,6,11H2,1H3;1-4,9H,5H2,(H,10,11). The normalized spacial score (nSPS) is 10.9. The number of carboxylic acid groups (broad SMARTS) is 2. The van der Waals surface area contributed by atoms with Crippen LogP contribution < -0.4 is 5.73 Å². The number of fused-ring (bicyclic) bond motifs is 3. The van der Waals surface area contributed by atoms with Crippen molar-refractivity contribution in [2.45, 2.75) is 79.1 Å². The largest absolute Gasteiger partial charge is 0.508 e. The Morgan fingerprint density at radius 1 is 0.523 bits per heavy atom. The number of esters is 4. The fourth-order valence-electron chi connectivity index (χ4n) is 7.35. The maximum Gasteiger partial charge on any atom is 0.313 e. The molecule has 2 atom stereocenters. The fourth-order valence-corrected chi connectivity index (χ4v) is 7.35. The van der Waals surface area contributed by atoms with Gasteiger partial charge in [0.05, 0.1) is 74.6 Å². The van der Waals surface area contributed by atoms with Crippen LogP contribution in [0.4, 0.5) is 11.4 Å². The molecular weight excluding hydrogens is 1120 g/mol. The number of anilines is 1. The van der Waals surface area contributed by atoms with Gasteiger partial charge in [-0.15, -0.1) is 0 Å². The Bertz CT molecular complexity index is 3700. The summed E-state index contributed by atoms with van der Waals surface area (Å²) in [5, 5.41) is 55.1. The lowest BCUT2D eigenvalue weighted by atomic mass is 10.0. The molecule has 9 aromatic rings. The predicted molar refractivity (Wildman–Crippen MR) is 311 cm³/mol. The Kier molecular flexibility index (Phi) is 27.2. The van der Waals surface area contributed by atoms with Crippen LogP contribution in [0.5, 0.6) is 17.2 Å². The number of nitro benzene ring substituents is 1. The number of rotatable bonds is 17. The predicted octanol–water partition coefficient (Wildman–Crippen LogP) is 9.95. The van der Waals surface area contributed by atoms with Gasteiger partial charge in [0.1, 0.15) is 28.0 Å². The minimum atomic E-state index is -0.893. The topological polar surface area (TPSA) is 388 Å². The summed E-state index contributed by atoms with van der Waals surface area (Å²) in [6.07, 6.45) is 4.49. The van der Waals surface area contributed by atoms with E-state index in [9.17, 15) is 49.1 Å². The van der Waals surface area contributed by atoms with Gasteiger partial charge in [0.2, 0.25) is 0 Å². The molecule has 0 spiro atoms. The number of hydrogen-bond acceptors (Lipinski definition) is 22. The number of nitrogens with two attached hydrogens (primary N) is 1. The zero-order valence-corrected chi connectivity index (χ0v) is 47.7. The number of carbonyl (C=O) groups excluding carboxylic acids is 4. The number of carboxylic acids is 2. The van der Waals surface area contributed by atoms with Crippen LogP contribution in [0.2, 0.25) is 0 Å². The van der Waals surface area contributed by atoms with Crippen molar-refractivity contribution in [3.05, 3.63) is 178 Å². The summed E-state index contributed by atoms with van der Waals surface area (Å²) in [7, 11) is 0. The molecule has 0 saturated heterocycles. The van der Waals surface area contributed by atoms with Crippen LogP contribution in [-0.4, -0.2) is 108 Å². The number of oxazole rings is 3. The van der Waals surface area contributed by atoms with Crippen LogP contribution >= 0.6 is 0 Å². The van der Waals surface area contributed by atoms with Crippen LogP contribution in [0.1, 0.15) is 86.8 Å². The van der Waals surface area contributed by atoms with Gasteiger partial charge in [-0.3, -0.25) is 38.9 Å². The van der Waals surface area contributed by atoms with Crippen molar-refractivity contribution in [1.29, 1.82) is 0 Å². The molecule has 0 aliphatic carbocycles. The molecule has 0 bridgehead atoms. The number of ether oxygens (including phenoxy) is 4. The second-order valence-electron chi connectivity index (χ2n) is 18.0. The van der Waals surface area contributed by atoms with Crippen molar-refractivity contribution in [2.75, 3.05) is 32.2 Å². The molecular formula is C61H65N5O20. The van der Waals surface area contributed by atoms with Gasteiger partial charge in [-0.25, -0.2) is 15.0 Å². The first-order valence-corrected chi connectivity index (χ1v) is 26.4. The van der Waals surface area contributed by atoms with Crippen LogP contribution in [-0.2, 0) is 73.4 Å². The van der Waals surface area contributed by atoms with E-state index < -0.39 is 34.5 Å². The summed E-state index contributed by atoms with van der Waals surface area (Å²) in [5.41, 5.74) is 13.9. The van der Waals surface area contributed by atoms with E-state index in [1.165, 1.54) is 49.5 Å². The molecule has 0 aliphatic heterocycles. The minimum Gasteiger partial charge on any atom is -0.508 e. The van der Waals surface area contributed by atoms with Gasteiger partial charge in [0.15, 0.2) is 41.7 Å². The SMILES string of the molecule is CC(C(=O)O)c1ccc2ncoc2c1.CCOC(=O)C(C)c1ccc2ncoc2c1.CCOC(=O)Cc1ccc(N)c(O)c1.CCOC(=O)Cc1ccc([N+](=O)[O-])c(O)c1.CCOC(=O)Cc1ccc2ncoc2c1.O=C(O)Cc1cccc(O)c1. The Morgan fingerprint density at radius 2 is 0.942 bits per heavy atom. The third-order valence-corrected chi connectivity index (χ3v) is 11.7. The molecule has 6 aromatic carbocycles. The van der Waals surface area contributed by atoms with Crippen molar-refractivity contribution in [3.8, 4) is 17.2 Å². The van der Waals surface area contributed by atoms with Crippen LogP contribution in [0.3, 0.4) is 0 Å². The first-order chi connectivity index (χ1) is 41.0. The number of nitrogen functional groups attached to an aromatic ring is 1. The molecule has 454 valence electrons. The van der Waals surface area contributed by atoms with Crippen LogP contribution in [0.15, 0.2) is 148 Å². The van der Waals surface area contributed by atoms with Gasteiger partial charge in [0, 0.05) is 6.07 Å². The Balaban J connectivity index is 0.000000222. The van der Waals surface area contributed by atoms with E-state index in [1.807, 2.05) is 37.3 Å². The van der Waals surface area contributed by atoms with E-state index in [4.69, 9.17) is 53.3 Å². The molecule has 0 aliphatic rings. The number of benzene rings is 6. The highest BCUT2D eigenvalue weighted by Gasteiger charge is 2.18. The molecule has 0 fully saturated rings. The quantitative estimate of drug-likeness (QED) is 0.0123. The van der Waals surface area contributed by atoms with E-state index in [0.29, 0.717) is 58.9 Å². The number of aromatic nitrogens is 3. The summed E-state index contributed by atoms with van der Waals surface area (Å²) in [6.45, 7) is 11.9. The lowest BCUT2D eigenvalue weighted by molar-refractivity contribution is -0.385. The number of hydrogen-bond donors (Lipinski definition) is 6. The molecule has 86 heavy (non-hydrogen) atoms. The van der Waals surface area contributed by atoms with Crippen molar-refractivity contribution in [3.63, 3.8) is 0 Å². The second-order valence-corrected chi connectivity index (χ2v) is 18.0. The number of phenolic OH excluding ortho intramolecular Hbond substituents is 3. The number of nitrogens with zero attached hydrogens (tertiary/aromatic N) is 4. The maximum atomic E-state index is 11.5. The van der Waals surface area contributed by atoms with Crippen molar-refractivity contribution in [2.24, 2.45) is 0 Å². The average molecular weight is 1190 g/mol. The number of phenols is 3. The average Bonchev–Trinajstić information content (AvgIpc) is 4.09. The Morgan fingerprint density at radius 3 is 1.37 bits per heavy atom. The highest BCUT2D eigenvalue weighted by molar-refractivity contribution is 5.82. The Hall–Kier alpha value is -10.9. The van der Waals surface area contributed by atoms with Crippen molar-refractivity contribution >= 4 is 80.5 Å². The third kappa shape index (κ3) is 22.5. The number of aromatic hydroxyl groups is 3. The summed E-state index contributed by atoms with van der Waals surface area (Å²) in [5.74, 6) is -4.09. The third-order valence-electron chi connectivity index (χ3n) is 11.7. The number of carbonyl (C=O) groups is 6. The summed E-state index contributed by atoms with van der Waals surface area (Å²) >= 11 is 0. The highest BCUT2D eigenvalue weighted by atomic mass is 16.6. The van der Waals surface area contributed by atoms with E-state index >= 15 is 0 Å². The smallest absolute Gasteiger partial charge is 0.313 e. The molecule has 25 nitrogen and oxygen atoms in total. The first kappa shape index (κ1) is 67.7. The van der Waals surface area contributed by atoms with Gasteiger partial charge in [-0.05, 0) is 142 Å². The van der Waals surface area contributed by atoms with Gasteiger partial charge < -0.3 is 63.5 Å². The monoisotopic (exact) mass is 1190 g/mol. The van der Waals surface area contributed by atoms with Gasteiger partial charge in [0.25, 0.3) is 0 Å². The Labute approximate surface area is 491 Å². The van der Waals surface area contributed by atoms with Gasteiger partial charge in [-0.2, -0.15) is 0 Å². The fraction of sp³-hybridized carbons (Fsp3) is 0.262. The lowest BCUT2D eigenvalue weighted by Crippen LogP contribution is -2.12. The molecule has 3 aromatic heterocycles. The van der Waals surface area contributed by atoms with Crippen LogP contribution in [0.25, 0.3) is 33.3 Å². The minimum absolute atomic E-state index is 0.00759. The molecule has 2 unspecified atom stereocenters.